The Hall–Kier alpha value is -0.0400. The Kier molecular flexibility index (Phi) is 9.59. The molecule has 120 valence electrons. The summed E-state index contributed by atoms with van der Waals surface area (Å²) in [6.45, 7) is 10.6. The van der Waals surface area contributed by atoms with Crippen LogP contribution < -0.4 is 5.32 Å². The van der Waals surface area contributed by atoms with Crippen LogP contribution in [0, 0.1) is 17.8 Å². The van der Waals surface area contributed by atoms with Crippen LogP contribution in [0.5, 0.6) is 0 Å². The molecule has 1 N–H and O–H groups in total. The molecule has 0 spiro atoms. The van der Waals surface area contributed by atoms with E-state index in [1.165, 1.54) is 70.8 Å². The molecule has 0 bridgehead atoms. The predicted molar refractivity (Wildman–Crippen MR) is 91.1 cm³/mol. The third kappa shape index (κ3) is 5.76. The topological polar surface area (TPSA) is 12.0 Å². The second-order valence-electron chi connectivity index (χ2n) is 7.02. The molecule has 0 aromatic carbocycles. The maximum atomic E-state index is 3.95. The quantitative estimate of drug-likeness (QED) is 0.534. The Morgan fingerprint density at radius 1 is 0.950 bits per heavy atom. The van der Waals surface area contributed by atoms with E-state index in [9.17, 15) is 0 Å². The third-order valence-corrected chi connectivity index (χ3v) is 5.37. The smallest absolute Gasteiger partial charge is 0.0124 e. The van der Waals surface area contributed by atoms with E-state index in [-0.39, 0.29) is 0 Å². The van der Waals surface area contributed by atoms with E-state index in [2.05, 4.69) is 33.0 Å². The van der Waals surface area contributed by atoms with Gasteiger partial charge in [0.2, 0.25) is 0 Å². The van der Waals surface area contributed by atoms with Gasteiger partial charge in [0, 0.05) is 6.04 Å². The van der Waals surface area contributed by atoms with Gasteiger partial charge in [0.15, 0.2) is 0 Å². The highest BCUT2D eigenvalue weighted by molar-refractivity contribution is 4.87. The van der Waals surface area contributed by atoms with Crippen LogP contribution in [0.1, 0.15) is 91.9 Å². The number of rotatable bonds is 10. The zero-order valence-corrected chi connectivity index (χ0v) is 14.6. The molecule has 0 radical (unpaired) electrons. The van der Waals surface area contributed by atoms with Crippen LogP contribution in [-0.4, -0.2) is 12.6 Å². The molecular weight excluding hydrogens is 242 g/mol. The third-order valence-electron chi connectivity index (χ3n) is 5.37. The molecular formula is C19H39N. The molecule has 3 unspecified atom stereocenters. The SMILES string of the molecule is CCCNC(C(CCC)CCC)C1CCCC(CC)C1. The largest absolute Gasteiger partial charge is 0.313 e. The van der Waals surface area contributed by atoms with Gasteiger partial charge in [-0.1, -0.05) is 59.8 Å². The van der Waals surface area contributed by atoms with Crippen molar-refractivity contribution < 1.29 is 0 Å². The standard InChI is InChI=1S/C19H39N/c1-5-10-17(11-6-2)19(20-14-7-3)18-13-9-12-16(8-4)15-18/h16-20H,5-15H2,1-4H3. The van der Waals surface area contributed by atoms with Crippen LogP contribution in [0.2, 0.25) is 0 Å². The van der Waals surface area contributed by atoms with Gasteiger partial charge in [-0.25, -0.2) is 0 Å². The summed E-state index contributed by atoms with van der Waals surface area (Å²) in [4.78, 5) is 0. The molecule has 0 aliphatic heterocycles. The van der Waals surface area contributed by atoms with E-state index in [0.717, 1.165) is 23.8 Å². The molecule has 1 aliphatic carbocycles. The fourth-order valence-electron chi connectivity index (χ4n) is 4.30. The normalized spacial score (nSPS) is 25.1. The molecule has 1 saturated carbocycles. The Bertz CT molecular complexity index is 220. The first-order chi connectivity index (χ1) is 9.76. The average molecular weight is 282 g/mol. The number of nitrogens with one attached hydrogen (secondary N) is 1. The van der Waals surface area contributed by atoms with Crippen molar-refractivity contribution in [2.45, 2.75) is 97.9 Å². The van der Waals surface area contributed by atoms with Crippen LogP contribution in [-0.2, 0) is 0 Å². The monoisotopic (exact) mass is 281 g/mol. The summed E-state index contributed by atoms with van der Waals surface area (Å²) in [5.41, 5.74) is 0. The van der Waals surface area contributed by atoms with E-state index >= 15 is 0 Å². The molecule has 0 heterocycles. The summed E-state index contributed by atoms with van der Waals surface area (Å²) >= 11 is 0. The zero-order valence-electron chi connectivity index (χ0n) is 14.6. The highest BCUT2D eigenvalue weighted by atomic mass is 14.9. The van der Waals surface area contributed by atoms with Gasteiger partial charge in [-0.05, 0) is 56.4 Å². The van der Waals surface area contributed by atoms with Crippen molar-refractivity contribution in [2.24, 2.45) is 17.8 Å². The fraction of sp³-hybridized carbons (Fsp3) is 1.00. The summed E-state index contributed by atoms with van der Waals surface area (Å²) in [5, 5.41) is 3.95. The molecule has 1 nitrogen and oxygen atoms in total. The van der Waals surface area contributed by atoms with E-state index in [0.29, 0.717) is 0 Å². The Morgan fingerprint density at radius 3 is 2.20 bits per heavy atom. The lowest BCUT2D eigenvalue weighted by Gasteiger charge is -2.39. The summed E-state index contributed by atoms with van der Waals surface area (Å²) in [5.74, 6) is 2.86. The molecule has 1 fully saturated rings. The van der Waals surface area contributed by atoms with E-state index in [4.69, 9.17) is 0 Å². The second-order valence-corrected chi connectivity index (χ2v) is 7.02. The van der Waals surface area contributed by atoms with Crippen molar-refractivity contribution in [1.82, 2.24) is 5.32 Å². The Labute approximate surface area is 128 Å². The van der Waals surface area contributed by atoms with Gasteiger partial charge in [-0.2, -0.15) is 0 Å². The molecule has 0 aromatic rings. The summed E-state index contributed by atoms with van der Waals surface area (Å²) < 4.78 is 0. The molecule has 1 rings (SSSR count). The van der Waals surface area contributed by atoms with Crippen molar-refractivity contribution in [3.8, 4) is 0 Å². The van der Waals surface area contributed by atoms with Crippen LogP contribution in [0.3, 0.4) is 0 Å². The van der Waals surface area contributed by atoms with Gasteiger partial charge in [0.05, 0.1) is 0 Å². The maximum absolute atomic E-state index is 3.95. The molecule has 3 atom stereocenters. The van der Waals surface area contributed by atoms with E-state index in [1.54, 1.807) is 0 Å². The summed E-state index contributed by atoms with van der Waals surface area (Å²) in [6.07, 6.45) is 14.1. The molecule has 0 saturated heterocycles. The maximum Gasteiger partial charge on any atom is 0.0124 e. The number of hydrogen-bond donors (Lipinski definition) is 1. The van der Waals surface area contributed by atoms with Gasteiger partial charge in [0.1, 0.15) is 0 Å². The lowest BCUT2D eigenvalue weighted by atomic mass is 9.72. The molecule has 20 heavy (non-hydrogen) atoms. The van der Waals surface area contributed by atoms with Gasteiger partial charge >= 0.3 is 0 Å². The van der Waals surface area contributed by atoms with Crippen LogP contribution >= 0.6 is 0 Å². The summed E-state index contributed by atoms with van der Waals surface area (Å²) in [7, 11) is 0. The van der Waals surface area contributed by atoms with Crippen LogP contribution in [0.4, 0.5) is 0 Å². The van der Waals surface area contributed by atoms with Crippen molar-refractivity contribution in [1.29, 1.82) is 0 Å². The van der Waals surface area contributed by atoms with Gasteiger partial charge in [-0.15, -0.1) is 0 Å². The average Bonchev–Trinajstić information content (AvgIpc) is 2.48. The minimum atomic E-state index is 0.796. The molecule has 1 aliphatic rings. The van der Waals surface area contributed by atoms with E-state index in [1.807, 2.05) is 0 Å². The fourth-order valence-corrected chi connectivity index (χ4v) is 4.30. The highest BCUT2D eigenvalue weighted by Gasteiger charge is 2.31. The van der Waals surface area contributed by atoms with Gasteiger partial charge in [0.25, 0.3) is 0 Å². The second kappa shape index (κ2) is 10.7. The highest BCUT2D eigenvalue weighted by Crippen LogP contribution is 2.36. The van der Waals surface area contributed by atoms with Crippen molar-refractivity contribution in [3.05, 3.63) is 0 Å². The first-order valence-electron chi connectivity index (χ1n) is 9.50. The van der Waals surface area contributed by atoms with Gasteiger partial charge in [-0.3, -0.25) is 0 Å². The van der Waals surface area contributed by atoms with Gasteiger partial charge < -0.3 is 5.32 Å². The van der Waals surface area contributed by atoms with Crippen LogP contribution in [0.15, 0.2) is 0 Å². The molecule has 0 aromatic heterocycles. The van der Waals surface area contributed by atoms with E-state index < -0.39 is 0 Å². The van der Waals surface area contributed by atoms with Crippen molar-refractivity contribution in [2.75, 3.05) is 6.54 Å². The summed E-state index contributed by atoms with van der Waals surface area (Å²) in [6, 6.07) is 0.796. The predicted octanol–water partition coefficient (Wildman–Crippen LogP) is 5.79. The molecule has 0 amide bonds. The number of hydrogen-bond acceptors (Lipinski definition) is 1. The van der Waals surface area contributed by atoms with Crippen molar-refractivity contribution >= 4 is 0 Å². The lowest BCUT2D eigenvalue weighted by Crippen LogP contribution is -2.44. The Balaban J connectivity index is 2.68. The van der Waals surface area contributed by atoms with Crippen molar-refractivity contribution in [3.63, 3.8) is 0 Å². The first kappa shape index (κ1) is 18.0. The first-order valence-corrected chi connectivity index (χ1v) is 9.50. The van der Waals surface area contributed by atoms with Crippen LogP contribution in [0.25, 0.3) is 0 Å². The molecule has 1 heteroatoms. The minimum Gasteiger partial charge on any atom is -0.313 e. The minimum absolute atomic E-state index is 0.796. The Morgan fingerprint density at radius 2 is 1.65 bits per heavy atom. The lowest BCUT2D eigenvalue weighted by molar-refractivity contribution is 0.156. The zero-order chi connectivity index (χ0) is 14.8.